The van der Waals surface area contributed by atoms with Crippen LogP contribution in [0.4, 0.5) is 4.79 Å². The van der Waals surface area contributed by atoms with Crippen LogP contribution in [-0.4, -0.2) is 58.8 Å². The highest BCUT2D eigenvalue weighted by Crippen LogP contribution is 2.19. The van der Waals surface area contributed by atoms with Gasteiger partial charge < -0.3 is 15.1 Å². The van der Waals surface area contributed by atoms with Gasteiger partial charge in [-0.1, -0.05) is 29.8 Å². The topological polar surface area (TPSA) is 52.7 Å². The second kappa shape index (κ2) is 4.84. The zero-order chi connectivity index (χ0) is 12.6. The molecule has 17 heavy (non-hydrogen) atoms. The molecule has 2 heterocycles. The van der Waals surface area contributed by atoms with Gasteiger partial charge in [-0.25, -0.2) is 4.79 Å². The third kappa shape index (κ3) is 2.41. The first-order valence-electron chi connectivity index (χ1n) is 5.98. The molecular weight excluding hydrogens is 286 g/mol. The zero-order valence-corrected chi connectivity index (χ0v) is 11.7. The third-order valence-electron chi connectivity index (χ3n) is 3.37. The molecule has 0 aromatic heterocycles. The fraction of sp³-hybridized carbons (Fsp3) is 0.818. The van der Waals surface area contributed by atoms with Gasteiger partial charge in [-0.15, -0.1) is 0 Å². The summed E-state index contributed by atoms with van der Waals surface area (Å²) in [6.07, 6.45) is 0. The van der Waals surface area contributed by atoms with E-state index in [-0.39, 0.29) is 28.7 Å². The molecule has 96 valence electrons. The number of fused-ring (bicyclic) bond motifs is 1. The summed E-state index contributed by atoms with van der Waals surface area (Å²) < 4.78 is 0. The normalized spacial score (nSPS) is 25.9. The van der Waals surface area contributed by atoms with E-state index in [0.717, 1.165) is 0 Å². The van der Waals surface area contributed by atoms with Crippen LogP contribution >= 0.6 is 15.9 Å². The number of nitrogens with zero attached hydrogens (tertiary/aromatic N) is 2. The van der Waals surface area contributed by atoms with Crippen LogP contribution in [-0.2, 0) is 4.79 Å². The van der Waals surface area contributed by atoms with Gasteiger partial charge >= 0.3 is 6.03 Å². The molecule has 3 amide bonds. The van der Waals surface area contributed by atoms with Crippen molar-refractivity contribution in [3.8, 4) is 0 Å². The van der Waals surface area contributed by atoms with Crippen LogP contribution in [0.3, 0.4) is 0 Å². The minimum absolute atomic E-state index is 0.00125. The number of carbonyl (C=O) groups is 2. The maximum atomic E-state index is 12.2. The van der Waals surface area contributed by atoms with Crippen molar-refractivity contribution in [3.63, 3.8) is 0 Å². The number of carbonyl (C=O) groups excluding carboxylic acids is 2. The molecule has 2 saturated heterocycles. The van der Waals surface area contributed by atoms with Crippen molar-refractivity contribution < 1.29 is 9.59 Å². The van der Waals surface area contributed by atoms with Crippen LogP contribution < -0.4 is 5.32 Å². The van der Waals surface area contributed by atoms with Crippen LogP contribution in [0.1, 0.15) is 13.8 Å². The van der Waals surface area contributed by atoms with Crippen molar-refractivity contribution in [2.24, 2.45) is 5.92 Å². The molecule has 0 bridgehead atoms. The molecular formula is C11H18BrN3O2. The van der Waals surface area contributed by atoms with Gasteiger partial charge in [-0.3, -0.25) is 4.79 Å². The highest BCUT2D eigenvalue weighted by molar-refractivity contribution is 9.10. The standard InChI is InChI=1S/C11H18BrN3O2/c1-7(2)9(12)10(16)14-3-4-15-8(6-14)5-13-11(15)17/h7-9H,3-6H2,1-2H3,(H,13,17). The number of piperazine rings is 1. The molecule has 2 unspecified atom stereocenters. The van der Waals surface area contributed by atoms with E-state index in [0.29, 0.717) is 26.2 Å². The van der Waals surface area contributed by atoms with Crippen molar-refractivity contribution in [2.75, 3.05) is 26.2 Å². The lowest BCUT2D eigenvalue weighted by Gasteiger charge is -2.37. The third-order valence-corrected chi connectivity index (χ3v) is 4.81. The van der Waals surface area contributed by atoms with E-state index in [2.05, 4.69) is 21.2 Å². The first kappa shape index (κ1) is 12.7. The highest BCUT2D eigenvalue weighted by Gasteiger charge is 2.38. The second-order valence-corrected chi connectivity index (χ2v) is 5.95. The van der Waals surface area contributed by atoms with Crippen LogP contribution in [0.2, 0.25) is 0 Å². The number of hydrogen-bond acceptors (Lipinski definition) is 2. The first-order valence-corrected chi connectivity index (χ1v) is 6.89. The number of urea groups is 1. The van der Waals surface area contributed by atoms with Gasteiger partial charge in [-0.2, -0.15) is 0 Å². The van der Waals surface area contributed by atoms with Gasteiger partial charge in [0.25, 0.3) is 0 Å². The summed E-state index contributed by atoms with van der Waals surface area (Å²) in [6.45, 7) is 6.61. The molecule has 0 aromatic rings. The largest absolute Gasteiger partial charge is 0.338 e. The minimum Gasteiger partial charge on any atom is -0.338 e. The molecule has 2 fully saturated rings. The Morgan fingerprint density at radius 2 is 2.18 bits per heavy atom. The molecule has 0 radical (unpaired) electrons. The minimum atomic E-state index is -0.126. The molecule has 2 aliphatic heterocycles. The van der Waals surface area contributed by atoms with Crippen molar-refractivity contribution in [1.29, 1.82) is 0 Å². The Morgan fingerprint density at radius 1 is 1.47 bits per heavy atom. The average Bonchev–Trinajstić information content (AvgIpc) is 2.68. The Labute approximate surface area is 110 Å². The van der Waals surface area contributed by atoms with Gasteiger partial charge in [0.1, 0.15) is 0 Å². The van der Waals surface area contributed by atoms with Gasteiger partial charge in [-0.05, 0) is 5.92 Å². The number of halogens is 1. The average molecular weight is 304 g/mol. The zero-order valence-electron chi connectivity index (χ0n) is 10.1. The molecule has 2 aliphatic rings. The van der Waals surface area contributed by atoms with E-state index < -0.39 is 0 Å². The summed E-state index contributed by atoms with van der Waals surface area (Å²) in [6, 6.07) is 0.147. The van der Waals surface area contributed by atoms with Crippen LogP contribution in [0, 0.1) is 5.92 Å². The highest BCUT2D eigenvalue weighted by atomic mass is 79.9. The molecule has 0 aromatic carbocycles. The summed E-state index contributed by atoms with van der Waals surface area (Å²) in [5.41, 5.74) is 0. The molecule has 0 aliphatic carbocycles. The Kier molecular flexibility index (Phi) is 3.61. The summed E-state index contributed by atoms with van der Waals surface area (Å²) >= 11 is 3.44. The molecule has 2 atom stereocenters. The Balaban J connectivity index is 1.97. The Hall–Kier alpha value is -0.780. The van der Waals surface area contributed by atoms with Crippen LogP contribution in [0.5, 0.6) is 0 Å². The SMILES string of the molecule is CC(C)C(Br)C(=O)N1CCN2C(=O)NCC2C1. The Bertz CT molecular complexity index is 335. The molecule has 6 heteroatoms. The van der Waals surface area contributed by atoms with E-state index in [1.165, 1.54) is 0 Å². The predicted molar refractivity (Wildman–Crippen MR) is 68.0 cm³/mol. The van der Waals surface area contributed by atoms with Crippen LogP contribution in [0.25, 0.3) is 0 Å². The van der Waals surface area contributed by atoms with Crippen molar-refractivity contribution >= 4 is 27.9 Å². The maximum Gasteiger partial charge on any atom is 0.317 e. The van der Waals surface area contributed by atoms with Crippen molar-refractivity contribution in [1.82, 2.24) is 15.1 Å². The lowest BCUT2D eigenvalue weighted by molar-refractivity contribution is -0.133. The van der Waals surface area contributed by atoms with Gasteiger partial charge in [0.2, 0.25) is 5.91 Å². The van der Waals surface area contributed by atoms with E-state index >= 15 is 0 Å². The maximum absolute atomic E-state index is 12.2. The number of hydrogen-bond donors (Lipinski definition) is 1. The lowest BCUT2D eigenvalue weighted by atomic mass is 10.1. The first-order chi connectivity index (χ1) is 8.00. The molecule has 2 rings (SSSR count). The van der Waals surface area contributed by atoms with E-state index in [1.54, 1.807) is 0 Å². The molecule has 0 saturated carbocycles. The van der Waals surface area contributed by atoms with Crippen molar-refractivity contribution in [3.05, 3.63) is 0 Å². The summed E-state index contributed by atoms with van der Waals surface area (Å²) in [5.74, 6) is 0.419. The number of alkyl halides is 1. The number of amides is 3. The monoisotopic (exact) mass is 303 g/mol. The van der Waals surface area contributed by atoms with Crippen molar-refractivity contribution in [2.45, 2.75) is 24.7 Å². The summed E-state index contributed by atoms with van der Waals surface area (Å²) in [5, 5.41) is 2.81. The fourth-order valence-corrected chi connectivity index (χ4v) is 2.55. The second-order valence-electron chi connectivity index (χ2n) is 4.96. The quantitative estimate of drug-likeness (QED) is 0.761. The molecule has 5 nitrogen and oxygen atoms in total. The van der Waals surface area contributed by atoms with Crippen LogP contribution in [0.15, 0.2) is 0 Å². The molecule has 0 spiro atoms. The lowest BCUT2D eigenvalue weighted by Crippen LogP contribution is -2.55. The predicted octanol–water partition coefficient (Wildman–Crippen LogP) is 0.642. The van der Waals surface area contributed by atoms with Gasteiger partial charge in [0, 0.05) is 26.2 Å². The number of nitrogens with one attached hydrogen (secondary N) is 1. The molecule has 1 N–H and O–H groups in total. The van der Waals surface area contributed by atoms with E-state index in [9.17, 15) is 9.59 Å². The van der Waals surface area contributed by atoms with Gasteiger partial charge in [0.05, 0.1) is 10.9 Å². The van der Waals surface area contributed by atoms with E-state index in [1.807, 2.05) is 23.6 Å². The number of rotatable bonds is 2. The fourth-order valence-electron chi connectivity index (χ4n) is 2.26. The Morgan fingerprint density at radius 3 is 2.82 bits per heavy atom. The summed E-state index contributed by atoms with van der Waals surface area (Å²) in [4.78, 5) is 27.2. The van der Waals surface area contributed by atoms with Gasteiger partial charge in [0.15, 0.2) is 0 Å². The smallest absolute Gasteiger partial charge is 0.317 e. The van der Waals surface area contributed by atoms with E-state index in [4.69, 9.17) is 0 Å². The summed E-state index contributed by atoms with van der Waals surface area (Å²) in [7, 11) is 0.